The van der Waals surface area contributed by atoms with Gasteiger partial charge in [0.05, 0.1) is 6.04 Å². The Morgan fingerprint density at radius 2 is 2.21 bits per heavy atom. The van der Waals surface area contributed by atoms with E-state index in [0.29, 0.717) is 13.2 Å². The number of hydrogen-bond donors (Lipinski definition) is 2. The second-order valence-corrected chi connectivity index (χ2v) is 4.61. The number of rotatable bonds is 6. The van der Waals surface area contributed by atoms with E-state index >= 15 is 0 Å². The summed E-state index contributed by atoms with van der Waals surface area (Å²) in [6.07, 6.45) is 3.67. The molecule has 19 heavy (non-hydrogen) atoms. The van der Waals surface area contributed by atoms with E-state index in [9.17, 15) is 4.79 Å². The Labute approximate surface area is 113 Å². The number of benzene rings is 1. The van der Waals surface area contributed by atoms with Crippen molar-refractivity contribution in [2.75, 3.05) is 13.2 Å². The minimum absolute atomic E-state index is 0.0644. The van der Waals surface area contributed by atoms with Gasteiger partial charge in [-0.25, -0.2) is 0 Å². The first-order valence-corrected chi connectivity index (χ1v) is 6.63. The Balaban J connectivity index is 1.82. The largest absolute Gasteiger partial charge is 0.490 e. The lowest BCUT2D eigenvalue weighted by atomic mass is 10.1. The summed E-state index contributed by atoms with van der Waals surface area (Å²) >= 11 is 0. The summed E-state index contributed by atoms with van der Waals surface area (Å²) < 4.78 is 5.42. The third kappa shape index (κ3) is 4.10. The SMILES string of the molecule is C=CCOc1ccc(CNC2CCCNC2=O)cc1. The van der Waals surface area contributed by atoms with Crippen LogP contribution in [-0.2, 0) is 11.3 Å². The van der Waals surface area contributed by atoms with E-state index in [-0.39, 0.29) is 11.9 Å². The molecule has 4 nitrogen and oxygen atoms in total. The maximum atomic E-state index is 11.6. The van der Waals surface area contributed by atoms with Crippen LogP contribution in [0, 0.1) is 0 Å². The smallest absolute Gasteiger partial charge is 0.237 e. The van der Waals surface area contributed by atoms with Gasteiger partial charge in [0.2, 0.25) is 5.91 Å². The normalized spacial score (nSPS) is 18.7. The van der Waals surface area contributed by atoms with Crippen LogP contribution in [0.2, 0.25) is 0 Å². The molecule has 102 valence electrons. The van der Waals surface area contributed by atoms with Crippen LogP contribution in [0.25, 0.3) is 0 Å². The first kappa shape index (κ1) is 13.6. The molecule has 0 radical (unpaired) electrons. The Bertz CT molecular complexity index is 428. The summed E-state index contributed by atoms with van der Waals surface area (Å²) in [6.45, 7) is 5.61. The third-order valence-electron chi connectivity index (χ3n) is 3.13. The van der Waals surface area contributed by atoms with Crippen LogP contribution in [-0.4, -0.2) is 25.1 Å². The fraction of sp³-hybridized carbons (Fsp3) is 0.400. The van der Waals surface area contributed by atoms with Crippen molar-refractivity contribution in [3.05, 3.63) is 42.5 Å². The molecule has 0 saturated carbocycles. The first-order chi connectivity index (χ1) is 9.29. The van der Waals surface area contributed by atoms with E-state index in [1.54, 1.807) is 6.08 Å². The van der Waals surface area contributed by atoms with Crippen LogP contribution < -0.4 is 15.4 Å². The number of hydrogen-bond acceptors (Lipinski definition) is 3. The quantitative estimate of drug-likeness (QED) is 0.764. The van der Waals surface area contributed by atoms with Gasteiger partial charge < -0.3 is 15.4 Å². The van der Waals surface area contributed by atoms with Crippen LogP contribution in [0.3, 0.4) is 0 Å². The summed E-state index contributed by atoms with van der Waals surface area (Å²) in [4.78, 5) is 11.6. The van der Waals surface area contributed by atoms with Crippen LogP contribution in [0.15, 0.2) is 36.9 Å². The van der Waals surface area contributed by atoms with Gasteiger partial charge in [-0.05, 0) is 30.5 Å². The van der Waals surface area contributed by atoms with Crippen molar-refractivity contribution in [3.63, 3.8) is 0 Å². The Hall–Kier alpha value is -1.81. The zero-order valence-electron chi connectivity index (χ0n) is 11.0. The summed E-state index contributed by atoms with van der Waals surface area (Å²) in [7, 11) is 0. The number of piperidine rings is 1. The van der Waals surface area contributed by atoms with Gasteiger partial charge >= 0.3 is 0 Å². The Morgan fingerprint density at radius 3 is 2.89 bits per heavy atom. The van der Waals surface area contributed by atoms with E-state index < -0.39 is 0 Å². The molecule has 4 heteroatoms. The van der Waals surface area contributed by atoms with Gasteiger partial charge in [0.15, 0.2) is 0 Å². The second kappa shape index (κ2) is 6.95. The van der Waals surface area contributed by atoms with Gasteiger partial charge in [0.25, 0.3) is 0 Å². The molecule has 1 atom stereocenters. The molecular weight excluding hydrogens is 240 g/mol. The predicted octanol–water partition coefficient (Wildman–Crippen LogP) is 1.62. The highest BCUT2D eigenvalue weighted by atomic mass is 16.5. The van der Waals surface area contributed by atoms with Crippen molar-refractivity contribution < 1.29 is 9.53 Å². The number of carbonyl (C=O) groups excluding carboxylic acids is 1. The van der Waals surface area contributed by atoms with E-state index in [1.807, 2.05) is 24.3 Å². The van der Waals surface area contributed by atoms with Crippen molar-refractivity contribution in [2.24, 2.45) is 0 Å². The minimum Gasteiger partial charge on any atom is -0.490 e. The molecule has 2 rings (SSSR count). The first-order valence-electron chi connectivity index (χ1n) is 6.63. The molecular formula is C15H20N2O2. The standard InChI is InChI=1S/C15H20N2O2/c1-2-10-19-13-7-5-12(6-8-13)11-17-14-4-3-9-16-15(14)18/h2,5-8,14,17H,1,3-4,9-11H2,(H,16,18). The summed E-state index contributed by atoms with van der Waals surface area (Å²) in [5.41, 5.74) is 1.14. The molecule has 0 aromatic heterocycles. The molecule has 1 aromatic carbocycles. The lowest BCUT2D eigenvalue weighted by Crippen LogP contribution is -2.47. The summed E-state index contributed by atoms with van der Waals surface area (Å²) in [5, 5.41) is 6.15. The molecule has 1 fully saturated rings. The maximum absolute atomic E-state index is 11.6. The molecule has 0 aliphatic carbocycles. The highest BCUT2D eigenvalue weighted by molar-refractivity contribution is 5.82. The van der Waals surface area contributed by atoms with E-state index in [2.05, 4.69) is 17.2 Å². The molecule has 1 aliphatic rings. The zero-order chi connectivity index (χ0) is 13.5. The molecule has 0 spiro atoms. The van der Waals surface area contributed by atoms with Gasteiger partial charge in [0, 0.05) is 13.1 Å². The number of amides is 1. The lowest BCUT2D eigenvalue weighted by Gasteiger charge is -2.22. The molecule has 1 unspecified atom stereocenters. The van der Waals surface area contributed by atoms with E-state index in [4.69, 9.17) is 4.74 Å². The highest BCUT2D eigenvalue weighted by Crippen LogP contribution is 2.12. The minimum atomic E-state index is -0.0644. The topological polar surface area (TPSA) is 50.4 Å². The molecule has 1 amide bonds. The monoisotopic (exact) mass is 260 g/mol. The van der Waals surface area contributed by atoms with Crippen molar-refractivity contribution in [1.29, 1.82) is 0 Å². The Morgan fingerprint density at radius 1 is 1.42 bits per heavy atom. The van der Waals surface area contributed by atoms with Gasteiger partial charge in [-0.15, -0.1) is 0 Å². The van der Waals surface area contributed by atoms with E-state index in [0.717, 1.165) is 30.7 Å². The predicted molar refractivity (Wildman–Crippen MR) is 75.0 cm³/mol. The molecule has 1 aliphatic heterocycles. The number of carbonyl (C=O) groups is 1. The van der Waals surface area contributed by atoms with Crippen molar-refractivity contribution >= 4 is 5.91 Å². The van der Waals surface area contributed by atoms with Crippen LogP contribution in [0.4, 0.5) is 0 Å². The zero-order valence-corrected chi connectivity index (χ0v) is 11.0. The van der Waals surface area contributed by atoms with Gasteiger partial charge in [0.1, 0.15) is 12.4 Å². The average Bonchev–Trinajstić information content (AvgIpc) is 2.45. The molecule has 0 bridgehead atoms. The lowest BCUT2D eigenvalue weighted by molar-refractivity contribution is -0.124. The van der Waals surface area contributed by atoms with Crippen LogP contribution in [0.5, 0.6) is 5.75 Å². The maximum Gasteiger partial charge on any atom is 0.237 e. The average molecular weight is 260 g/mol. The second-order valence-electron chi connectivity index (χ2n) is 4.61. The highest BCUT2D eigenvalue weighted by Gasteiger charge is 2.20. The van der Waals surface area contributed by atoms with Gasteiger partial charge in [-0.2, -0.15) is 0 Å². The molecule has 1 saturated heterocycles. The molecule has 2 N–H and O–H groups in total. The van der Waals surface area contributed by atoms with E-state index in [1.165, 1.54) is 0 Å². The van der Waals surface area contributed by atoms with Crippen molar-refractivity contribution in [1.82, 2.24) is 10.6 Å². The van der Waals surface area contributed by atoms with Crippen LogP contribution in [0.1, 0.15) is 18.4 Å². The van der Waals surface area contributed by atoms with Gasteiger partial charge in [-0.3, -0.25) is 4.79 Å². The third-order valence-corrected chi connectivity index (χ3v) is 3.13. The molecule has 1 aromatic rings. The summed E-state index contributed by atoms with van der Waals surface area (Å²) in [6, 6.07) is 7.81. The summed E-state index contributed by atoms with van der Waals surface area (Å²) in [5.74, 6) is 0.941. The fourth-order valence-corrected chi connectivity index (χ4v) is 2.07. The van der Waals surface area contributed by atoms with Crippen molar-refractivity contribution in [3.8, 4) is 5.75 Å². The number of ether oxygens (including phenoxy) is 1. The van der Waals surface area contributed by atoms with Crippen LogP contribution >= 0.6 is 0 Å². The van der Waals surface area contributed by atoms with Gasteiger partial charge in [-0.1, -0.05) is 24.8 Å². The molecule has 1 heterocycles. The van der Waals surface area contributed by atoms with Crippen molar-refractivity contribution in [2.45, 2.75) is 25.4 Å². The fourth-order valence-electron chi connectivity index (χ4n) is 2.07. The Kier molecular flexibility index (Phi) is 4.98. The number of nitrogens with one attached hydrogen (secondary N) is 2.